The van der Waals surface area contributed by atoms with Crippen molar-refractivity contribution in [2.45, 2.75) is 12.7 Å². The standard InChI is InChI=1S/C20H20F3N5O3/c1-27-17(13-5-3-6-14(11-13)20(21,22)23)26-28(19(27)30)10-9-24-18(29)25-15-7-4-8-16(12-15)31-2/h3-8,11-12H,9-10H2,1-2H3,(H2,24,25,29). The van der Waals surface area contributed by atoms with Gasteiger partial charge in [0.25, 0.3) is 0 Å². The van der Waals surface area contributed by atoms with E-state index >= 15 is 0 Å². The zero-order chi connectivity index (χ0) is 22.6. The number of nitrogens with one attached hydrogen (secondary N) is 2. The average molecular weight is 435 g/mol. The van der Waals surface area contributed by atoms with Crippen LogP contribution in [0, 0.1) is 0 Å². The largest absolute Gasteiger partial charge is 0.497 e. The molecule has 3 aromatic rings. The number of anilines is 1. The Hall–Kier alpha value is -3.76. The van der Waals surface area contributed by atoms with E-state index in [-0.39, 0.29) is 24.5 Å². The van der Waals surface area contributed by atoms with Gasteiger partial charge >= 0.3 is 17.9 Å². The molecule has 0 bridgehead atoms. The third kappa shape index (κ3) is 5.24. The molecule has 0 spiro atoms. The summed E-state index contributed by atoms with van der Waals surface area (Å²) in [4.78, 5) is 24.4. The number of carbonyl (C=O) groups excluding carboxylic acids is 1. The Labute approximate surface area is 175 Å². The Morgan fingerprint density at radius 2 is 1.90 bits per heavy atom. The second-order valence-corrected chi connectivity index (χ2v) is 6.58. The maximum absolute atomic E-state index is 13.0. The van der Waals surface area contributed by atoms with Crippen LogP contribution in [0.4, 0.5) is 23.7 Å². The number of aromatic nitrogens is 3. The van der Waals surface area contributed by atoms with Crippen LogP contribution in [-0.4, -0.2) is 34.0 Å². The minimum atomic E-state index is -4.50. The Balaban J connectivity index is 1.66. The van der Waals surface area contributed by atoms with Gasteiger partial charge in [-0.1, -0.05) is 18.2 Å². The van der Waals surface area contributed by atoms with Gasteiger partial charge in [0, 0.05) is 30.9 Å². The van der Waals surface area contributed by atoms with Crippen molar-refractivity contribution in [2.24, 2.45) is 7.05 Å². The number of urea groups is 1. The first-order chi connectivity index (χ1) is 14.7. The lowest BCUT2D eigenvalue weighted by Gasteiger charge is -2.08. The lowest BCUT2D eigenvalue weighted by molar-refractivity contribution is -0.137. The number of hydrogen-bond acceptors (Lipinski definition) is 4. The van der Waals surface area contributed by atoms with Gasteiger partial charge in [0.2, 0.25) is 0 Å². The van der Waals surface area contributed by atoms with Crippen LogP contribution in [-0.2, 0) is 19.8 Å². The molecule has 0 unspecified atom stereocenters. The molecule has 0 radical (unpaired) electrons. The summed E-state index contributed by atoms with van der Waals surface area (Å²) in [6.45, 7) is 0.117. The summed E-state index contributed by atoms with van der Waals surface area (Å²) in [5, 5.41) is 9.34. The molecule has 164 valence electrons. The molecule has 0 saturated heterocycles. The summed E-state index contributed by atoms with van der Waals surface area (Å²) in [6, 6.07) is 10.9. The van der Waals surface area contributed by atoms with Crippen molar-refractivity contribution in [3.63, 3.8) is 0 Å². The van der Waals surface area contributed by atoms with Gasteiger partial charge in [0.15, 0.2) is 5.82 Å². The maximum atomic E-state index is 13.0. The average Bonchev–Trinajstić information content (AvgIpc) is 3.02. The SMILES string of the molecule is COc1cccc(NC(=O)NCCn2nc(-c3cccc(C(F)(F)F)c3)n(C)c2=O)c1. The van der Waals surface area contributed by atoms with Crippen LogP contribution < -0.4 is 21.1 Å². The van der Waals surface area contributed by atoms with E-state index in [2.05, 4.69) is 15.7 Å². The number of nitrogens with zero attached hydrogens (tertiary/aromatic N) is 3. The van der Waals surface area contributed by atoms with E-state index in [4.69, 9.17) is 4.74 Å². The van der Waals surface area contributed by atoms with Gasteiger partial charge in [0.05, 0.1) is 19.2 Å². The van der Waals surface area contributed by atoms with Gasteiger partial charge in [-0.2, -0.15) is 13.2 Å². The summed E-state index contributed by atoms with van der Waals surface area (Å²) >= 11 is 0. The van der Waals surface area contributed by atoms with Crippen molar-refractivity contribution in [3.05, 3.63) is 64.6 Å². The van der Waals surface area contributed by atoms with Gasteiger partial charge in [-0.15, -0.1) is 5.10 Å². The minimum absolute atomic E-state index is 0.0389. The van der Waals surface area contributed by atoms with E-state index in [1.807, 2.05) is 0 Å². The van der Waals surface area contributed by atoms with E-state index in [1.54, 1.807) is 24.3 Å². The van der Waals surface area contributed by atoms with Crippen molar-refractivity contribution in [3.8, 4) is 17.1 Å². The number of rotatable bonds is 6. The quantitative estimate of drug-likeness (QED) is 0.623. The molecule has 0 aliphatic heterocycles. The minimum Gasteiger partial charge on any atom is -0.497 e. The van der Waals surface area contributed by atoms with Crippen molar-refractivity contribution in [2.75, 3.05) is 19.0 Å². The molecule has 1 aromatic heterocycles. The van der Waals surface area contributed by atoms with Crippen molar-refractivity contribution in [1.82, 2.24) is 19.7 Å². The van der Waals surface area contributed by atoms with E-state index in [1.165, 1.54) is 26.3 Å². The van der Waals surface area contributed by atoms with Crippen LogP contribution in [0.1, 0.15) is 5.56 Å². The second-order valence-electron chi connectivity index (χ2n) is 6.58. The monoisotopic (exact) mass is 435 g/mol. The Morgan fingerprint density at radius 3 is 2.61 bits per heavy atom. The highest BCUT2D eigenvalue weighted by Gasteiger charge is 2.30. The van der Waals surface area contributed by atoms with Crippen molar-refractivity contribution in [1.29, 1.82) is 0 Å². The molecular weight excluding hydrogens is 415 g/mol. The van der Waals surface area contributed by atoms with E-state index in [9.17, 15) is 22.8 Å². The molecule has 0 atom stereocenters. The van der Waals surface area contributed by atoms with Crippen LogP contribution in [0.15, 0.2) is 53.3 Å². The fraction of sp³-hybridized carbons (Fsp3) is 0.250. The van der Waals surface area contributed by atoms with Gasteiger partial charge in [0.1, 0.15) is 5.75 Å². The molecule has 2 aromatic carbocycles. The highest BCUT2D eigenvalue weighted by molar-refractivity contribution is 5.89. The van der Waals surface area contributed by atoms with Crippen molar-refractivity contribution >= 4 is 11.7 Å². The lowest BCUT2D eigenvalue weighted by Crippen LogP contribution is -2.34. The van der Waals surface area contributed by atoms with Gasteiger partial charge in [-0.3, -0.25) is 4.57 Å². The number of benzene rings is 2. The third-order valence-corrected chi connectivity index (χ3v) is 4.43. The maximum Gasteiger partial charge on any atom is 0.416 e. The predicted octanol–water partition coefficient (Wildman–Crippen LogP) is 3.10. The topological polar surface area (TPSA) is 90.2 Å². The molecule has 31 heavy (non-hydrogen) atoms. The summed E-state index contributed by atoms with van der Waals surface area (Å²) < 4.78 is 46.2. The van der Waals surface area contributed by atoms with E-state index in [0.717, 1.165) is 21.4 Å². The zero-order valence-electron chi connectivity index (χ0n) is 16.7. The zero-order valence-corrected chi connectivity index (χ0v) is 16.7. The Bertz CT molecular complexity index is 1140. The first kappa shape index (κ1) is 21.9. The molecule has 2 N–H and O–H groups in total. The van der Waals surface area contributed by atoms with E-state index in [0.29, 0.717) is 11.4 Å². The van der Waals surface area contributed by atoms with Crippen LogP contribution in [0.5, 0.6) is 5.75 Å². The normalized spacial score (nSPS) is 11.3. The highest BCUT2D eigenvalue weighted by Crippen LogP contribution is 2.31. The number of halogens is 3. The third-order valence-electron chi connectivity index (χ3n) is 4.43. The predicted molar refractivity (Wildman–Crippen MR) is 108 cm³/mol. The Morgan fingerprint density at radius 1 is 1.16 bits per heavy atom. The van der Waals surface area contributed by atoms with Gasteiger partial charge in [-0.05, 0) is 24.3 Å². The van der Waals surface area contributed by atoms with Gasteiger partial charge < -0.3 is 15.4 Å². The highest BCUT2D eigenvalue weighted by atomic mass is 19.4. The fourth-order valence-corrected chi connectivity index (χ4v) is 2.87. The van der Waals surface area contributed by atoms with Gasteiger partial charge in [-0.25, -0.2) is 14.3 Å². The molecule has 11 heteroatoms. The molecule has 1 heterocycles. The molecule has 8 nitrogen and oxygen atoms in total. The summed E-state index contributed by atoms with van der Waals surface area (Å²) in [5.74, 6) is 0.678. The number of carbonyl (C=O) groups is 1. The molecule has 2 amide bonds. The van der Waals surface area contributed by atoms with Crippen LogP contribution >= 0.6 is 0 Å². The number of methoxy groups -OCH3 is 1. The fourth-order valence-electron chi connectivity index (χ4n) is 2.87. The van der Waals surface area contributed by atoms with Crippen LogP contribution in [0.3, 0.4) is 0 Å². The number of ether oxygens (including phenoxy) is 1. The Kier molecular flexibility index (Phi) is 6.33. The molecule has 0 fully saturated rings. The molecule has 0 aliphatic rings. The summed E-state index contributed by atoms with van der Waals surface area (Å²) in [5.41, 5.74) is -0.652. The molecular formula is C20H20F3N5O3. The molecule has 3 rings (SSSR count). The first-order valence-corrected chi connectivity index (χ1v) is 9.19. The lowest BCUT2D eigenvalue weighted by atomic mass is 10.1. The molecule has 0 aliphatic carbocycles. The smallest absolute Gasteiger partial charge is 0.416 e. The number of hydrogen-bond donors (Lipinski definition) is 2. The number of alkyl halides is 3. The van der Waals surface area contributed by atoms with Crippen molar-refractivity contribution < 1.29 is 22.7 Å². The number of amides is 2. The summed E-state index contributed by atoms with van der Waals surface area (Å²) in [6.07, 6.45) is -4.50. The van der Waals surface area contributed by atoms with E-state index < -0.39 is 23.5 Å². The van der Waals surface area contributed by atoms with Crippen LogP contribution in [0.2, 0.25) is 0 Å². The molecule has 0 saturated carbocycles. The van der Waals surface area contributed by atoms with Crippen LogP contribution in [0.25, 0.3) is 11.4 Å². The second kappa shape index (κ2) is 8.94. The summed E-state index contributed by atoms with van der Waals surface area (Å²) in [7, 11) is 2.93. The first-order valence-electron chi connectivity index (χ1n) is 9.19.